The molecule has 0 atom stereocenters. The van der Waals surface area contributed by atoms with Crippen LogP contribution in [-0.4, -0.2) is 28.4 Å². The maximum Gasteiger partial charge on any atom is 0.207 e. The highest BCUT2D eigenvalue weighted by Crippen LogP contribution is 2.49. The van der Waals surface area contributed by atoms with Crippen LogP contribution in [0.4, 0.5) is 0 Å². The standard InChI is InChI=1S/C24H26O4/c1-16-20(22(26-3)24(28-5)23(27-4)21(16)25-2)15-17-10-9-13-19(14-17)18-11-7-6-8-12-18/h6-14H,15H2,1-5H3. The van der Waals surface area contributed by atoms with Crippen LogP contribution in [0.3, 0.4) is 0 Å². The summed E-state index contributed by atoms with van der Waals surface area (Å²) in [7, 11) is 6.49. The van der Waals surface area contributed by atoms with Crippen LogP contribution in [0.15, 0.2) is 54.6 Å². The van der Waals surface area contributed by atoms with Gasteiger partial charge in [-0.2, -0.15) is 0 Å². The third kappa shape index (κ3) is 3.63. The average molecular weight is 378 g/mol. The molecule has 3 rings (SSSR count). The topological polar surface area (TPSA) is 36.9 Å². The van der Waals surface area contributed by atoms with Crippen LogP contribution < -0.4 is 18.9 Å². The molecule has 0 bridgehead atoms. The molecular formula is C24H26O4. The van der Waals surface area contributed by atoms with Crippen molar-refractivity contribution in [2.75, 3.05) is 28.4 Å². The molecule has 0 aliphatic heterocycles. The van der Waals surface area contributed by atoms with Gasteiger partial charge in [0.2, 0.25) is 11.5 Å². The number of hydrogen-bond acceptors (Lipinski definition) is 4. The zero-order valence-corrected chi connectivity index (χ0v) is 17.0. The molecule has 0 saturated carbocycles. The maximum atomic E-state index is 5.72. The number of ether oxygens (including phenoxy) is 4. The highest BCUT2D eigenvalue weighted by Gasteiger charge is 2.25. The highest BCUT2D eigenvalue weighted by molar-refractivity contribution is 5.68. The normalized spacial score (nSPS) is 10.5. The van der Waals surface area contributed by atoms with Crippen molar-refractivity contribution in [3.63, 3.8) is 0 Å². The van der Waals surface area contributed by atoms with Gasteiger partial charge in [-0.15, -0.1) is 0 Å². The lowest BCUT2D eigenvalue weighted by Crippen LogP contribution is -2.05. The van der Waals surface area contributed by atoms with Crippen LogP contribution in [0.5, 0.6) is 23.0 Å². The van der Waals surface area contributed by atoms with Gasteiger partial charge in [0.15, 0.2) is 11.5 Å². The van der Waals surface area contributed by atoms with E-state index in [1.807, 2.05) is 25.1 Å². The van der Waals surface area contributed by atoms with E-state index in [1.165, 1.54) is 16.7 Å². The minimum atomic E-state index is 0.543. The summed E-state index contributed by atoms with van der Waals surface area (Å²) in [5.41, 5.74) is 5.54. The minimum absolute atomic E-state index is 0.543. The molecule has 0 radical (unpaired) electrons. The van der Waals surface area contributed by atoms with Crippen molar-refractivity contribution < 1.29 is 18.9 Å². The van der Waals surface area contributed by atoms with E-state index in [4.69, 9.17) is 18.9 Å². The van der Waals surface area contributed by atoms with Crippen molar-refractivity contribution in [2.45, 2.75) is 13.3 Å². The van der Waals surface area contributed by atoms with Crippen molar-refractivity contribution in [2.24, 2.45) is 0 Å². The van der Waals surface area contributed by atoms with Gasteiger partial charge in [0.1, 0.15) is 0 Å². The second kappa shape index (κ2) is 8.70. The quantitative estimate of drug-likeness (QED) is 0.560. The van der Waals surface area contributed by atoms with Gasteiger partial charge < -0.3 is 18.9 Å². The molecule has 0 unspecified atom stereocenters. The number of hydrogen-bond donors (Lipinski definition) is 0. The minimum Gasteiger partial charge on any atom is -0.492 e. The first-order chi connectivity index (χ1) is 13.6. The van der Waals surface area contributed by atoms with E-state index < -0.39 is 0 Å². The van der Waals surface area contributed by atoms with E-state index in [1.54, 1.807) is 28.4 Å². The molecule has 0 fully saturated rings. The summed E-state index contributed by atoms with van der Waals surface area (Å²) < 4.78 is 22.5. The van der Waals surface area contributed by atoms with E-state index in [-0.39, 0.29) is 0 Å². The average Bonchev–Trinajstić information content (AvgIpc) is 2.75. The highest BCUT2D eigenvalue weighted by atomic mass is 16.5. The SMILES string of the molecule is COc1c(C)c(Cc2cccc(-c3ccccc3)c2)c(OC)c(OC)c1OC. The first kappa shape index (κ1) is 19.6. The van der Waals surface area contributed by atoms with Gasteiger partial charge in [-0.25, -0.2) is 0 Å². The first-order valence-corrected chi connectivity index (χ1v) is 9.14. The number of rotatable bonds is 7. The lowest BCUT2D eigenvalue weighted by molar-refractivity contribution is 0.302. The van der Waals surface area contributed by atoms with Crippen molar-refractivity contribution in [1.82, 2.24) is 0 Å². The van der Waals surface area contributed by atoms with Crippen LogP contribution in [0.2, 0.25) is 0 Å². The summed E-state index contributed by atoms with van der Waals surface area (Å²) >= 11 is 0. The predicted molar refractivity (Wildman–Crippen MR) is 112 cm³/mol. The van der Waals surface area contributed by atoms with E-state index in [2.05, 4.69) is 36.4 Å². The van der Waals surface area contributed by atoms with Crippen LogP contribution in [0, 0.1) is 6.92 Å². The fourth-order valence-electron chi connectivity index (χ4n) is 3.56. The molecule has 0 saturated heterocycles. The van der Waals surface area contributed by atoms with E-state index >= 15 is 0 Å². The summed E-state index contributed by atoms with van der Waals surface area (Å²) in [6.07, 6.45) is 0.687. The van der Waals surface area contributed by atoms with E-state index in [9.17, 15) is 0 Å². The zero-order chi connectivity index (χ0) is 20.1. The Labute approximate surface area is 166 Å². The third-order valence-electron chi connectivity index (χ3n) is 4.92. The Morgan fingerprint density at radius 3 is 1.79 bits per heavy atom. The first-order valence-electron chi connectivity index (χ1n) is 9.14. The van der Waals surface area contributed by atoms with E-state index in [0.717, 1.165) is 11.1 Å². The summed E-state index contributed by atoms with van der Waals surface area (Å²) in [6.45, 7) is 2.01. The largest absolute Gasteiger partial charge is 0.492 e. The number of methoxy groups -OCH3 is 4. The number of benzene rings is 3. The lowest BCUT2D eigenvalue weighted by atomic mass is 9.95. The molecule has 4 nitrogen and oxygen atoms in total. The van der Waals surface area contributed by atoms with Gasteiger partial charge in [0.05, 0.1) is 28.4 Å². The summed E-state index contributed by atoms with van der Waals surface area (Å²) in [5.74, 6) is 2.42. The summed E-state index contributed by atoms with van der Waals surface area (Å²) in [6, 6.07) is 18.9. The molecule has 0 spiro atoms. The Kier molecular flexibility index (Phi) is 6.09. The Morgan fingerprint density at radius 1 is 0.607 bits per heavy atom. The van der Waals surface area contributed by atoms with Crippen LogP contribution in [0.1, 0.15) is 16.7 Å². The molecular weight excluding hydrogens is 352 g/mol. The second-order valence-electron chi connectivity index (χ2n) is 6.48. The van der Waals surface area contributed by atoms with Gasteiger partial charge in [-0.1, -0.05) is 54.6 Å². The monoisotopic (exact) mass is 378 g/mol. The molecule has 0 aromatic heterocycles. The van der Waals surface area contributed by atoms with Crippen molar-refractivity contribution in [3.05, 3.63) is 71.3 Å². The zero-order valence-electron chi connectivity index (χ0n) is 17.0. The van der Waals surface area contributed by atoms with Crippen LogP contribution >= 0.6 is 0 Å². The maximum absolute atomic E-state index is 5.72. The van der Waals surface area contributed by atoms with Crippen molar-refractivity contribution >= 4 is 0 Å². The van der Waals surface area contributed by atoms with Crippen LogP contribution in [-0.2, 0) is 6.42 Å². The predicted octanol–water partition coefficient (Wildman–Crippen LogP) is 5.29. The Morgan fingerprint density at radius 2 is 1.18 bits per heavy atom. The van der Waals surface area contributed by atoms with Gasteiger partial charge in [-0.3, -0.25) is 0 Å². The second-order valence-corrected chi connectivity index (χ2v) is 6.48. The molecule has 3 aromatic rings. The molecule has 0 amide bonds. The molecule has 0 N–H and O–H groups in total. The van der Waals surface area contributed by atoms with Gasteiger partial charge >= 0.3 is 0 Å². The fourth-order valence-corrected chi connectivity index (χ4v) is 3.56. The lowest BCUT2D eigenvalue weighted by Gasteiger charge is -2.21. The summed E-state index contributed by atoms with van der Waals surface area (Å²) in [4.78, 5) is 0. The molecule has 3 aromatic carbocycles. The molecule has 0 aliphatic carbocycles. The van der Waals surface area contributed by atoms with Gasteiger partial charge in [0, 0.05) is 17.5 Å². The van der Waals surface area contributed by atoms with Gasteiger partial charge in [0.25, 0.3) is 0 Å². The Bertz CT molecular complexity index is 949. The fraction of sp³-hybridized carbons (Fsp3) is 0.250. The van der Waals surface area contributed by atoms with Crippen LogP contribution in [0.25, 0.3) is 11.1 Å². The molecule has 28 heavy (non-hydrogen) atoms. The Balaban J connectivity index is 2.10. The van der Waals surface area contributed by atoms with E-state index in [0.29, 0.717) is 29.4 Å². The van der Waals surface area contributed by atoms with Gasteiger partial charge in [-0.05, 0) is 23.6 Å². The van der Waals surface area contributed by atoms with Crippen molar-refractivity contribution in [3.8, 4) is 34.1 Å². The summed E-state index contributed by atoms with van der Waals surface area (Å²) in [5, 5.41) is 0. The molecule has 0 aliphatic rings. The smallest absolute Gasteiger partial charge is 0.207 e. The molecule has 4 heteroatoms. The Hall–Kier alpha value is -3.14. The molecule has 0 heterocycles. The molecule has 146 valence electrons. The third-order valence-corrected chi connectivity index (χ3v) is 4.92. The van der Waals surface area contributed by atoms with Crippen molar-refractivity contribution in [1.29, 1.82) is 0 Å².